The van der Waals surface area contributed by atoms with Crippen molar-refractivity contribution in [3.05, 3.63) is 0 Å². The number of fused-ring (bicyclic) bond motifs is 1. The maximum Gasteiger partial charge on any atom is 0.214 e. The minimum Gasteiger partial charge on any atom is -0.300 e. The summed E-state index contributed by atoms with van der Waals surface area (Å²) in [7, 11) is -3.10. The quantitative estimate of drug-likeness (QED) is 0.806. The lowest BCUT2D eigenvalue weighted by atomic mass is 9.99. The molecule has 0 amide bonds. The van der Waals surface area contributed by atoms with Gasteiger partial charge in [0.25, 0.3) is 0 Å². The van der Waals surface area contributed by atoms with Crippen LogP contribution in [0.4, 0.5) is 0 Å². The molecule has 2 fully saturated rings. The number of piperidine rings is 1. The summed E-state index contributed by atoms with van der Waals surface area (Å²) in [5, 5.41) is -0.325. The number of hydrogen-bond donors (Lipinski definition) is 1. The van der Waals surface area contributed by atoms with Crippen molar-refractivity contribution in [3.8, 4) is 0 Å². The Labute approximate surface area is 98.4 Å². The first-order valence-electron chi connectivity index (χ1n) is 6.24. The van der Waals surface area contributed by atoms with Crippen LogP contribution < -0.4 is 4.72 Å². The van der Waals surface area contributed by atoms with Gasteiger partial charge >= 0.3 is 0 Å². The number of sulfonamides is 1. The molecule has 2 rings (SSSR count). The smallest absolute Gasteiger partial charge is 0.214 e. The van der Waals surface area contributed by atoms with Gasteiger partial charge in [0.15, 0.2) is 0 Å². The number of hydrogen-bond acceptors (Lipinski definition) is 3. The van der Waals surface area contributed by atoms with E-state index in [9.17, 15) is 8.42 Å². The highest BCUT2D eigenvalue weighted by atomic mass is 32.2. The van der Waals surface area contributed by atoms with E-state index in [4.69, 9.17) is 0 Å². The summed E-state index contributed by atoms with van der Waals surface area (Å²) in [6.07, 6.45) is 4.46. The summed E-state index contributed by atoms with van der Waals surface area (Å²) in [6.45, 7) is 5.71. The summed E-state index contributed by atoms with van der Waals surface area (Å²) >= 11 is 0. The molecule has 0 saturated carbocycles. The van der Waals surface area contributed by atoms with Crippen LogP contribution in [0.15, 0.2) is 0 Å². The van der Waals surface area contributed by atoms with Crippen molar-refractivity contribution in [1.29, 1.82) is 0 Å². The molecule has 0 aromatic carbocycles. The molecule has 0 spiro atoms. The Balaban J connectivity index is 1.92. The Bertz CT molecular complexity index is 340. The normalized spacial score (nSPS) is 31.9. The first kappa shape index (κ1) is 12.3. The number of rotatable bonds is 3. The molecule has 16 heavy (non-hydrogen) atoms. The Kier molecular flexibility index (Phi) is 3.56. The first-order valence-corrected chi connectivity index (χ1v) is 7.79. The predicted molar refractivity (Wildman–Crippen MR) is 64.8 cm³/mol. The van der Waals surface area contributed by atoms with E-state index in [1.54, 1.807) is 13.8 Å². The van der Waals surface area contributed by atoms with Crippen molar-refractivity contribution >= 4 is 10.0 Å². The zero-order valence-corrected chi connectivity index (χ0v) is 11.0. The molecule has 0 radical (unpaired) electrons. The molecular weight excluding hydrogens is 224 g/mol. The lowest BCUT2D eigenvalue weighted by Gasteiger charge is -2.35. The van der Waals surface area contributed by atoms with Crippen molar-refractivity contribution in [2.45, 2.75) is 56.9 Å². The van der Waals surface area contributed by atoms with E-state index in [-0.39, 0.29) is 11.3 Å². The Morgan fingerprint density at radius 3 is 2.69 bits per heavy atom. The Hall–Kier alpha value is -0.130. The molecule has 1 N–H and O–H groups in total. The highest BCUT2D eigenvalue weighted by molar-refractivity contribution is 7.90. The zero-order chi connectivity index (χ0) is 11.8. The highest BCUT2D eigenvalue weighted by Gasteiger charge is 2.33. The summed E-state index contributed by atoms with van der Waals surface area (Å²) < 4.78 is 26.4. The lowest BCUT2D eigenvalue weighted by molar-refractivity contribution is 0.176. The van der Waals surface area contributed by atoms with Crippen LogP contribution in [-0.4, -0.2) is 43.7 Å². The van der Waals surface area contributed by atoms with E-state index in [0.717, 1.165) is 19.4 Å². The summed E-state index contributed by atoms with van der Waals surface area (Å²) in [5.74, 6) is 0. The molecule has 0 bridgehead atoms. The van der Waals surface area contributed by atoms with Crippen molar-refractivity contribution in [3.63, 3.8) is 0 Å². The highest BCUT2D eigenvalue weighted by Crippen LogP contribution is 2.27. The summed E-state index contributed by atoms with van der Waals surface area (Å²) in [6, 6.07) is 0.778. The minimum atomic E-state index is -3.10. The van der Waals surface area contributed by atoms with Gasteiger partial charge in [-0.15, -0.1) is 0 Å². The largest absolute Gasteiger partial charge is 0.300 e. The molecular formula is C11H22N2O2S. The van der Waals surface area contributed by atoms with Gasteiger partial charge in [-0.05, 0) is 52.6 Å². The fourth-order valence-electron chi connectivity index (χ4n) is 2.70. The van der Waals surface area contributed by atoms with Crippen LogP contribution in [0.2, 0.25) is 0 Å². The van der Waals surface area contributed by atoms with Gasteiger partial charge < -0.3 is 4.90 Å². The molecule has 4 nitrogen and oxygen atoms in total. The van der Waals surface area contributed by atoms with E-state index in [0.29, 0.717) is 6.04 Å². The third-order valence-corrected chi connectivity index (χ3v) is 5.68. The Morgan fingerprint density at radius 1 is 1.25 bits per heavy atom. The minimum absolute atomic E-state index is 0.159. The maximum absolute atomic E-state index is 11.8. The molecule has 2 atom stereocenters. The summed E-state index contributed by atoms with van der Waals surface area (Å²) in [4.78, 5) is 2.50. The molecule has 2 saturated heterocycles. The van der Waals surface area contributed by atoms with E-state index in [1.807, 2.05) is 0 Å². The third kappa shape index (κ3) is 2.57. The maximum atomic E-state index is 11.8. The van der Waals surface area contributed by atoms with Gasteiger partial charge in [0, 0.05) is 12.1 Å². The van der Waals surface area contributed by atoms with Gasteiger partial charge in [0.1, 0.15) is 0 Å². The van der Waals surface area contributed by atoms with Gasteiger partial charge in [-0.3, -0.25) is 0 Å². The first-order chi connectivity index (χ1) is 7.49. The molecule has 0 aliphatic carbocycles. The van der Waals surface area contributed by atoms with Crippen LogP contribution in [0.1, 0.15) is 39.5 Å². The van der Waals surface area contributed by atoms with Gasteiger partial charge in [-0.2, -0.15) is 0 Å². The number of nitrogens with one attached hydrogen (secondary N) is 1. The van der Waals surface area contributed by atoms with Crippen molar-refractivity contribution in [2.24, 2.45) is 0 Å². The fraction of sp³-hybridized carbons (Fsp3) is 1.00. The topological polar surface area (TPSA) is 49.4 Å². The monoisotopic (exact) mass is 246 g/mol. The zero-order valence-electron chi connectivity index (χ0n) is 10.1. The van der Waals surface area contributed by atoms with Crippen LogP contribution in [0.5, 0.6) is 0 Å². The van der Waals surface area contributed by atoms with E-state index in [2.05, 4.69) is 9.62 Å². The second-order valence-electron chi connectivity index (χ2n) is 5.26. The molecule has 2 unspecified atom stereocenters. The molecule has 0 aromatic heterocycles. The lowest BCUT2D eigenvalue weighted by Crippen LogP contribution is -2.48. The second kappa shape index (κ2) is 4.63. The molecule has 94 valence electrons. The molecule has 2 aliphatic heterocycles. The summed E-state index contributed by atoms with van der Waals surface area (Å²) in [5.41, 5.74) is 0. The predicted octanol–water partition coefficient (Wildman–Crippen LogP) is 0.941. The van der Waals surface area contributed by atoms with Crippen LogP contribution in [0.3, 0.4) is 0 Å². The van der Waals surface area contributed by atoms with Crippen LogP contribution in [0, 0.1) is 0 Å². The SMILES string of the molecule is CC(C)S(=O)(=O)NC1CCN2CCCC2C1. The van der Waals surface area contributed by atoms with Crippen molar-refractivity contribution in [1.82, 2.24) is 9.62 Å². The standard InChI is InChI=1S/C11H22N2O2S/c1-9(2)16(14,15)12-10-5-7-13-6-3-4-11(13)8-10/h9-12H,3-8H2,1-2H3. The van der Waals surface area contributed by atoms with Crippen LogP contribution in [-0.2, 0) is 10.0 Å². The van der Waals surface area contributed by atoms with E-state index in [1.165, 1.54) is 19.4 Å². The van der Waals surface area contributed by atoms with Crippen LogP contribution >= 0.6 is 0 Å². The van der Waals surface area contributed by atoms with Crippen molar-refractivity contribution in [2.75, 3.05) is 13.1 Å². The van der Waals surface area contributed by atoms with Gasteiger partial charge in [0.05, 0.1) is 5.25 Å². The van der Waals surface area contributed by atoms with Crippen molar-refractivity contribution < 1.29 is 8.42 Å². The van der Waals surface area contributed by atoms with Gasteiger partial charge in [-0.1, -0.05) is 0 Å². The molecule has 5 heteroatoms. The molecule has 0 aromatic rings. The molecule has 2 heterocycles. The third-order valence-electron chi connectivity index (χ3n) is 3.77. The number of nitrogens with zero attached hydrogens (tertiary/aromatic N) is 1. The van der Waals surface area contributed by atoms with E-state index >= 15 is 0 Å². The van der Waals surface area contributed by atoms with Gasteiger partial charge in [0.2, 0.25) is 10.0 Å². The Morgan fingerprint density at radius 2 is 2.00 bits per heavy atom. The van der Waals surface area contributed by atoms with Crippen LogP contribution in [0.25, 0.3) is 0 Å². The average molecular weight is 246 g/mol. The van der Waals surface area contributed by atoms with E-state index < -0.39 is 10.0 Å². The fourth-order valence-corrected chi connectivity index (χ4v) is 3.65. The average Bonchev–Trinajstić information content (AvgIpc) is 2.63. The molecule has 2 aliphatic rings. The second-order valence-corrected chi connectivity index (χ2v) is 7.53. The van der Waals surface area contributed by atoms with Gasteiger partial charge in [-0.25, -0.2) is 13.1 Å².